The van der Waals surface area contributed by atoms with Crippen molar-refractivity contribution >= 4 is 11.6 Å². The minimum Gasteiger partial charge on any atom is -0.371 e. The maximum Gasteiger partial charge on any atom is 0.253 e. The first kappa shape index (κ1) is 18.1. The van der Waals surface area contributed by atoms with E-state index in [0.29, 0.717) is 5.92 Å². The highest BCUT2D eigenvalue weighted by atomic mass is 16.2. The number of aryl methyl sites for hydroxylation is 2. The molecule has 4 rings (SSSR count). The Labute approximate surface area is 162 Å². The second-order valence-corrected chi connectivity index (χ2v) is 8.06. The SMILES string of the molecule is Cc1ccc(C(=O)N2CCC(Cn3ccnc3C)CC2)cc1N1CCCC1. The van der Waals surface area contributed by atoms with Crippen molar-refractivity contribution in [1.29, 1.82) is 0 Å². The van der Waals surface area contributed by atoms with Crippen LogP contribution >= 0.6 is 0 Å². The lowest BCUT2D eigenvalue weighted by Crippen LogP contribution is -2.39. The molecule has 0 aliphatic carbocycles. The standard InChI is InChI=1S/C22H30N4O/c1-17-5-6-20(15-21(17)24-10-3-4-11-24)22(27)25-12-7-19(8-13-25)16-26-14-9-23-18(26)2/h5-6,9,14-15,19H,3-4,7-8,10-13,16H2,1-2H3. The molecule has 0 atom stereocenters. The number of carbonyl (C=O) groups excluding carboxylic acids is 1. The van der Waals surface area contributed by atoms with Gasteiger partial charge in [0.25, 0.3) is 5.91 Å². The van der Waals surface area contributed by atoms with E-state index in [1.165, 1.54) is 24.1 Å². The van der Waals surface area contributed by atoms with Crippen molar-refractivity contribution in [2.75, 3.05) is 31.1 Å². The van der Waals surface area contributed by atoms with E-state index in [0.717, 1.165) is 57.0 Å². The van der Waals surface area contributed by atoms with E-state index in [2.05, 4.69) is 39.7 Å². The Kier molecular flexibility index (Phi) is 5.19. The Hall–Kier alpha value is -2.30. The monoisotopic (exact) mass is 366 g/mol. The van der Waals surface area contributed by atoms with Crippen LogP contribution in [-0.4, -0.2) is 46.5 Å². The van der Waals surface area contributed by atoms with Gasteiger partial charge in [-0.25, -0.2) is 4.98 Å². The Balaban J connectivity index is 1.39. The van der Waals surface area contributed by atoms with Crippen LogP contribution in [0.25, 0.3) is 0 Å². The molecular formula is C22H30N4O. The van der Waals surface area contributed by atoms with Crippen molar-refractivity contribution in [2.45, 2.75) is 46.1 Å². The molecule has 0 bridgehead atoms. The lowest BCUT2D eigenvalue weighted by atomic mass is 9.96. The molecule has 0 spiro atoms. The Morgan fingerprint density at radius 2 is 1.85 bits per heavy atom. The Morgan fingerprint density at radius 3 is 2.52 bits per heavy atom. The quantitative estimate of drug-likeness (QED) is 0.829. The van der Waals surface area contributed by atoms with Gasteiger partial charge in [-0.05, 0) is 63.1 Å². The summed E-state index contributed by atoms with van der Waals surface area (Å²) in [6.07, 6.45) is 8.55. The Morgan fingerprint density at radius 1 is 1.11 bits per heavy atom. The summed E-state index contributed by atoms with van der Waals surface area (Å²) in [6, 6.07) is 6.22. The topological polar surface area (TPSA) is 41.4 Å². The molecule has 1 aromatic carbocycles. The molecule has 0 unspecified atom stereocenters. The van der Waals surface area contributed by atoms with Gasteiger partial charge in [0, 0.05) is 56.4 Å². The van der Waals surface area contributed by atoms with Crippen LogP contribution < -0.4 is 4.90 Å². The van der Waals surface area contributed by atoms with Gasteiger partial charge < -0.3 is 14.4 Å². The number of hydrogen-bond donors (Lipinski definition) is 0. The second-order valence-electron chi connectivity index (χ2n) is 8.06. The molecule has 5 nitrogen and oxygen atoms in total. The molecule has 2 saturated heterocycles. The first-order valence-corrected chi connectivity index (χ1v) is 10.2. The molecule has 2 aromatic rings. The number of benzene rings is 1. The lowest BCUT2D eigenvalue weighted by Gasteiger charge is -2.32. The minimum absolute atomic E-state index is 0.188. The lowest BCUT2D eigenvalue weighted by molar-refractivity contribution is 0.0682. The van der Waals surface area contributed by atoms with Crippen LogP contribution in [0.5, 0.6) is 0 Å². The zero-order valence-electron chi connectivity index (χ0n) is 16.5. The first-order chi connectivity index (χ1) is 13.1. The third kappa shape index (κ3) is 3.87. The van der Waals surface area contributed by atoms with E-state index in [9.17, 15) is 4.79 Å². The van der Waals surface area contributed by atoms with Gasteiger partial charge in [-0.1, -0.05) is 6.07 Å². The van der Waals surface area contributed by atoms with Crippen molar-refractivity contribution in [2.24, 2.45) is 5.92 Å². The normalized spacial score (nSPS) is 18.3. The molecule has 0 saturated carbocycles. The second kappa shape index (κ2) is 7.75. The van der Waals surface area contributed by atoms with Gasteiger partial charge in [0.05, 0.1) is 0 Å². The Bertz CT molecular complexity index is 798. The number of rotatable bonds is 4. The van der Waals surface area contributed by atoms with E-state index in [-0.39, 0.29) is 5.91 Å². The fraction of sp³-hybridized carbons (Fsp3) is 0.545. The molecule has 2 aliphatic rings. The van der Waals surface area contributed by atoms with Gasteiger partial charge in [0.2, 0.25) is 0 Å². The zero-order valence-corrected chi connectivity index (χ0v) is 16.5. The van der Waals surface area contributed by atoms with E-state index >= 15 is 0 Å². The van der Waals surface area contributed by atoms with Crippen LogP contribution in [0.2, 0.25) is 0 Å². The molecule has 3 heterocycles. The smallest absolute Gasteiger partial charge is 0.253 e. The fourth-order valence-electron chi connectivity index (χ4n) is 4.42. The molecule has 1 amide bonds. The summed E-state index contributed by atoms with van der Waals surface area (Å²) in [4.78, 5) is 21.8. The number of nitrogens with zero attached hydrogens (tertiary/aromatic N) is 4. The summed E-state index contributed by atoms with van der Waals surface area (Å²) in [6.45, 7) is 9.13. The average molecular weight is 367 g/mol. The predicted molar refractivity (Wildman–Crippen MR) is 108 cm³/mol. The molecule has 0 N–H and O–H groups in total. The largest absolute Gasteiger partial charge is 0.371 e. The molecular weight excluding hydrogens is 336 g/mol. The van der Waals surface area contributed by atoms with Crippen molar-refractivity contribution in [3.63, 3.8) is 0 Å². The van der Waals surface area contributed by atoms with E-state index in [1.807, 2.05) is 24.1 Å². The zero-order chi connectivity index (χ0) is 18.8. The van der Waals surface area contributed by atoms with Gasteiger partial charge in [0.15, 0.2) is 0 Å². The van der Waals surface area contributed by atoms with Crippen LogP contribution in [0.3, 0.4) is 0 Å². The fourth-order valence-corrected chi connectivity index (χ4v) is 4.42. The summed E-state index contributed by atoms with van der Waals surface area (Å²) in [5.74, 6) is 1.88. The molecule has 2 aliphatic heterocycles. The van der Waals surface area contributed by atoms with Crippen LogP contribution in [0.1, 0.15) is 47.4 Å². The maximum atomic E-state index is 13.0. The van der Waals surface area contributed by atoms with E-state index < -0.39 is 0 Å². The number of carbonyl (C=O) groups is 1. The number of anilines is 1. The highest BCUT2D eigenvalue weighted by Gasteiger charge is 2.25. The summed E-state index contributed by atoms with van der Waals surface area (Å²) < 4.78 is 2.23. The van der Waals surface area contributed by atoms with Crippen molar-refractivity contribution in [3.05, 3.63) is 47.5 Å². The van der Waals surface area contributed by atoms with Crippen LogP contribution in [0.15, 0.2) is 30.6 Å². The summed E-state index contributed by atoms with van der Waals surface area (Å²) in [5.41, 5.74) is 3.35. The van der Waals surface area contributed by atoms with Crippen LogP contribution in [0, 0.1) is 19.8 Å². The molecule has 27 heavy (non-hydrogen) atoms. The third-order valence-electron chi connectivity index (χ3n) is 6.18. The van der Waals surface area contributed by atoms with Crippen molar-refractivity contribution in [3.8, 4) is 0 Å². The van der Waals surface area contributed by atoms with Gasteiger partial charge in [-0.15, -0.1) is 0 Å². The number of piperidine rings is 1. The van der Waals surface area contributed by atoms with E-state index in [1.54, 1.807) is 0 Å². The van der Waals surface area contributed by atoms with Gasteiger partial charge in [-0.2, -0.15) is 0 Å². The molecule has 2 fully saturated rings. The number of hydrogen-bond acceptors (Lipinski definition) is 3. The number of likely N-dealkylation sites (tertiary alicyclic amines) is 1. The molecule has 0 radical (unpaired) electrons. The van der Waals surface area contributed by atoms with Crippen molar-refractivity contribution < 1.29 is 4.79 Å². The van der Waals surface area contributed by atoms with Gasteiger partial charge >= 0.3 is 0 Å². The number of amides is 1. The average Bonchev–Trinajstić information content (AvgIpc) is 3.35. The van der Waals surface area contributed by atoms with Crippen molar-refractivity contribution in [1.82, 2.24) is 14.5 Å². The predicted octanol–water partition coefficient (Wildman–Crippen LogP) is 3.65. The highest BCUT2D eigenvalue weighted by molar-refractivity contribution is 5.95. The van der Waals surface area contributed by atoms with Gasteiger partial charge in [0.1, 0.15) is 5.82 Å². The van der Waals surface area contributed by atoms with Gasteiger partial charge in [-0.3, -0.25) is 4.79 Å². The maximum absolute atomic E-state index is 13.0. The summed E-state index contributed by atoms with van der Waals surface area (Å²) in [5, 5.41) is 0. The molecule has 5 heteroatoms. The molecule has 1 aromatic heterocycles. The van der Waals surface area contributed by atoms with Crippen LogP contribution in [-0.2, 0) is 6.54 Å². The number of imidazole rings is 1. The summed E-state index contributed by atoms with van der Waals surface area (Å²) >= 11 is 0. The van der Waals surface area contributed by atoms with E-state index in [4.69, 9.17) is 0 Å². The van der Waals surface area contributed by atoms with Crippen LogP contribution in [0.4, 0.5) is 5.69 Å². The third-order valence-corrected chi connectivity index (χ3v) is 6.18. The molecule has 144 valence electrons. The number of aromatic nitrogens is 2. The summed E-state index contributed by atoms with van der Waals surface area (Å²) in [7, 11) is 0. The minimum atomic E-state index is 0.188. The first-order valence-electron chi connectivity index (χ1n) is 10.2. The highest BCUT2D eigenvalue weighted by Crippen LogP contribution is 2.27.